The Morgan fingerprint density at radius 2 is 1.92 bits per heavy atom. The molecule has 0 aliphatic carbocycles. The summed E-state index contributed by atoms with van der Waals surface area (Å²) in [7, 11) is 0. The van der Waals surface area contributed by atoms with E-state index in [0.717, 1.165) is 40.8 Å². The van der Waals surface area contributed by atoms with Gasteiger partial charge in [0.25, 0.3) is 0 Å². The number of hydrogen-bond donors (Lipinski definition) is 2. The van der Waals surface area contributed by atoms with Crippen LogP contribution in [-0.2, 0) is 11.2 Å². The van der Waals surface area contributed by atoms with Crippen molar-refractivity contribution in [2.75, 3.05) is 0 Å². The molecule has 1 heterocycles. The van der Waals surface area contributed by atoms with E-state index in [9.17, 15) is 4.79 Å². The SMILES string of the molecule is CCC(C)(C)NC(=O)CCc1ccc2nc(-c3ccccc3)[nH]c2c1. The van der Waals surface area contributed by atoms with Gasteiger partial charge in [-0.05, 0) is 44.4 Å². The first kappa shape index (κ1) is 17.2. The second-order valence-electron chi connectivity index (χ2n) is 7.09. The fraction of sp³-hybridized carbons (Fsp3) is 0.333. The van der Waals surface area contributed by atoms with Gasteiger partial charge in [0.05, 0.1) is 11.0 Å². The summed E-state index contributed by atoms with van der Waals surface area (Å²) in [5.74, 6) is 0.969. The predicted molar refractivity (Wildman–Crippen MR) is 102 cm³/mol. The molecule has 3 aromatic rings. The maximum atomic E-state index is 12.1. The zero-order valence-corrected chi connectivity index (χ0v) is 15.1. The third-order valence-electron chi connectivity index (χ3n) is 4.60. The molecule has 0 aliphatic rings. The first-order valence-electron chi connectivity index (χ1n) is 8.82. The molecule has 0 spiro atoms. The number of fused-ring (bicyclic) bond motifs is 1. The predicted octanol–water partition coefficient (Wildman–Crippen LogP) is 4.47. The Morgan fingerprint density at radius 1 is 1.16 bits per heavy atom. The lowest BCUT2D eigenvalue weighted by Crippen LogP contribution is -2.42. The average Bonchev–Trinajstić information content (AvgIpc) is 3.04. The minimum atomic E-state index is -0.144. The van der Waals surface area contributed by atoms with Crippen LogP contribution in [0.4, 0.5) is 0 Å². The third kappa shape index (κ3) is 4.27. The number of rotatable bonds is 6. The second-order valence-corrected chi connectivity index (χ2v) is 7.09. The summed E-state index contributed by atoms with van der Waals surface area (Å²) in [6.45, 7) is 6.18. The molecule has 1 aromatic heterocycles. The zero-order valence-electron chi connectivity index (χ0n) is 15.1. The van der Waals surface area contributed by atoms with E-state index in [1.54, 1.807) is 0 Å². The van der Waals surface area contributed by atoms with E-state index in [4.69, 9.17) is 0 Å². The Bertz CT molecular complexity index is 865. The highest BCUT2D eigenvalue weighted by molar-refractivity contribution is 5.80. The van der Waals surface area contributed by atoms with E-state index < -0.39 is 0 Å². The van der Waals surface area contributed by atoms with Crippen molar-refractivity contribution in [3.63, 3.8) is 0 Å². The van der Waals surface area contributed by atoms with Crippen molar-refractivity contribution in [2.45, 2.75) is 45.6 Å². The highest BCUT2D eigenvalue weighted by atomic mass is 16.1. The Balaban J connectivity index is 1.70. The van der Waals surface area contributed by atoms with Gasteiger partial charge in [-0.25, -0.2) is 4.98 Å². The number of nitrogens with zero attached hydrogens (tertiary/aromatic N) is 1. The number of amides is 1. The Morgan fingerprint density at radius 3 is 2.64 bits per heavy atom. The van der Waals surface area contributed by atoms with Crippen molar-refractivity contribution < 1.29 is 4.79 Å². The standard InChI is InChI=1S/C21H25N3O/c1-4-21(2,3)24-19(25)13-11-15-10-12-17-18(14-15)23-20(22-17)16-8-6-5-7-9-16/h5-10,12,14H,4,11,13H2,1-3H3,(H,22,23)(H,24,25). The molecular formula is C21H25N3O. The summed E-state index contributed by atoms with van der Waals surface area (Å²) in [6, 6.07) is 16.2. The monoisotopic (exact) mass is 335 g/mol. The van der Waals surface area contributed by atoms with Crippen LogP contribution in [0.25, 0.3) is 22.4 Å². The van der Waals surface area contributed by atoms with Gasteiger partial charge in [0, 0.05) is 17.5 Å². The van der Waals surface area contributed by atoms with E-state index in [1.165, 1.54) is 0 Å². The molecule has 0 bridgehead atoms. The Kier molecular flexibility index (Phi) is 4.88. The van der Waals surface area contributed by atoms with Gasteiger partial charge in [-0.2, -0.15) is 0 Å². The van der Waals surface area contributed by atoms with Crippen molar-refractivity contribution in [1.29, 1.82) is 0 Å². The van der Waals surface area contributed by atoms with Crippen LogP contribution < -0.4 is 5.32 Å². The van der Waals surface area contributed by atoms with Gasteiger partial charge >= 0.3 is 0 Å². The van der Waals surface area contributed by atoms with Crippen molar-refractivity contribution in [2.24, 2.45) is 0 Å². The first-order valence-corrected chi connectivity index (χ1v) is 8.82. The molecule has 25 heavy (non-hydrogen) atoms. The maximum absolute atomic E-state index is 12.1. The summed E-state index contributed by atoms with van der Waals surface area (Å²) in [5.41, 5.74) is 4.01. The van der Waals surface area contributed by atoms with Crippen LogP contribution in [-0.4, -0.2) is 21.4 Å². The number of benzene rings is 2. The van der Waals surface area contributed by atoms with Gasteiger partial charge in [-0.1, -0.05) is 43.3 Å². The molecule has 0 atom stereocenters. The quantitative estimate of drug-likeness (QED) is 0.698. The van der Waals surface area contributed by atoms with Crippen LogP contribution >= 0.6 is 0 Å². The first-order chi connectivity index (χ1) is 12.0. The molecule has 4 heteroatoms. The van der Waals surface area contributed by atoms with E-state index in [1.807, 2.05) is 50.2 Å². The Hall–Kier alpha value is -2.62. The molecule has 2 aromatic carbocycles. The number of nitrogens with one attached hydrogen (secondary N) is 2. The molecule has 130 valence electrons. The van der Waals surface area contributed by atoms with Crippen molar-refractivity contribution >= 4 is 16.9 Å². The van der Waals surface area contributed by atoms with Gasteiger partial charge < -0.3 is 10.3 Å². The van der Waals surface area contributed by atoms with Gasteiger partial charge in [-0.3, -0.25) is 4.79 Å². The zero-order chi connectivity index (χ0) is 17.9. The Labute approximate surface area is 148 Å². The van der Waals surface area contributed by atoms with Crippen molar-refractivity contribution in [3.05, 3.63) is 54.1 Å². The summed E-state index contributed by atoms with van der Waals surface area (Å²) in [6.07, 6.45) is 2.14. The highest BCUT2D eigenvalue weighted by Crippen LogP contribution is 2.21. The molecule has 0 fully saturated rings. The van der Waals surface area contributed by atoms with Crippen LogP contribution in [0, 0.1) is 0 Å². The molecule has 0 radical (unpaired) electrons. The van der Waals surface area contributed by atoms with Gasteiger partial charge in [0.2, 0.25) is 5.91 Å². The normalized spacial score (nSPS) is 11.6. The molecular weight excluding hydrogens is 310 g/mol. The van der Waals surface area contributed by atoms with Crippen LogP contribution in [0.1, 0.15) is 39.2 Å². The minimum absolute atomic E-state index is 0.0986. The summed E-state index contributed by atoms with van der Waals surface area (Å²) in [4.78, 5) is 20.1. The number of carbonyl (C=O) groups excluding carboxylic acids is 1. The molecule has 0 saturated heterocycles. The minimum Gasteiger partial charge on any atom is -0.351 e. The fourth-order valence-corrected chi connectivity index (χ4v) is 2.73. The highest BCUT2D eigenvalue weighted by Gasteiger charge is 2.17. The largest absolute Gasteiger partial charge is 0.351 e. The lowest BCUT2D eigenvalue weighted by atomic mass is 10.0. The fourth-order valence-electron chi connectivity index (χ4n) is 2.73. The molecule has 0 saturated carbocycles. The maximum Gasteiger partial charge on any atom is 0.220 e. The molecule has 0 aliphatic heterocycles. The lowest BCUT2D eigenvalue weighted by molar-refractivity contribution is -0.122. The number of H-pyrrole nitrogens is 1. The molecule has 4 nitrogen and oxygen atoms in total. The number of aromatic nitrogens is 2. The number of aryl methyl sites for hydroxylation is 1. The average molecular weight is 335 g/mol. The number of aromatic amines is 1. The van der Waals surface area contributed by atoms with E-state index in [2.05, 4.69) is 34.3 Å². The molecule has 0 unspecified atom stereocenters. The summed E-state index contributed by atoms with van der Waals surface area (Å²) >= 11 is 0. The van der Waals surface area contributed by atoms with Crippen molar-refractivity contribution in [1.82, 2.24) is 15.3 Å². The van der Waals surface area contributed by atoms with Gasteiger partial charge in [-0.15, -0.1) is 0 Å². The number of carbonyl (C=O) groups is 1. The summed E-state index contributed by atoms with van der Waals surface area (Å²) < 4.78 is 0. The van der Waals surface area contributed by atoms with E-state index in [0.29, 0.717) is 6.42 Å². The van der Waals surface area contributed by atoms with Crippen LogP contribution in [0.2, 0.25) is 0 Å². The van der Waals surface area contributed by atoms with Crippen LogP contribution in [0.3, 0.4) is 0 Å². The van der Waals surface area contributed by atoms with Crippen molar-refractivity contribution in [3.8, 4) is 11.4 Å². The number of hydrogen-bond acceptors (Lipinski definition) is 2. The van der Waals surface area contributed by atoms with E-state index in [-0.39, 0.29) is 11.4 Å². The second kappa shape index (κ2) is 7.09. The van der Waals surface area contributed by atoms with Crippen LogP contribution in [0.5, 0.6) is 0 Å². The van der Waals surface area contributed by atoms with E-state index >= 15 is 0 Å². The molecule has 3 rings (SSSR count). The number of imidazole rings is 1. The topological polar surface area (TPSA) is 57.8 Å². The summed E-state index contributed by atoms with van der Waals surface area (Å²) in [5, 5.41) is 3.08. The van der Waals surface area contributed by atoms with Crippen LogP contribution in [0.15, 0.2) is 48.5 Å². The third-order valence-corrected chi connectivity index (χ3v) is 4.60. The molecule has 2 N–H and O–H groups in total. The lowest BCUT2D eigenvalue weighted by Gasteiger charge is -2.24. The van der Waals surface area contributed by atoms with Gasteiger partial charge in [0.15, 0.2) is 0 Å². The molecule has 1 amide bonds. The smallest absolute Gasteiger partial charge is 0.220 e. The van der Waals surface area contributed by atoms with Gasteiger partial charge in [0.1, 0.15) is 5.82 Å².